The third-order valence-electron chi connectivity index (χ3n) is 2.18. The lowest BCUT2D eigenvalue weighted by molar-refractivity contribution is 0.0787. The van der Waals surface area contributed by atoms with Gasteiger partial charge in [-0.3, -0.25) is 4.79 Å². The van der Waals surface area contributed by atoms with Crippen molar-refractivity contribution in [3.05, 3.63) is 23.9 Å². The second-order valence-corrected chi connectivity index (χ2v) is 3.53. The number of hydrogen-bond donors (Lipinski definition) is 1. The summed E-state index contributed by atoms with van der Waals surface area (Å²) in [5.74, 6) is 0.306. The molecule has 0 bridgehead atoms. The van der Waals surface area contributed by atoms with Gasteiger partial charge in [-0.15, -0.1) is 0 Å². The number of amides is 1. The molecule has 0 aromatic carbocycles. The molecule has 0 unspecified atom stereocenters. The third kappa shape index (κ3) is 3.23. The normalized spacial score (nSPS) is 10.0. The molecule has 1 rings (SSSR count). The molecule has 2 N–H and O–H groups in total. The van der Waals surface area contributed by atoms with Crippen LogP contribution in [0.4, 0.5) is 5.82 Å². The first-order valence-electron chi connectivity index (χ1n) is 5.13. The van der Waals surface area contributed by atoms with E-state index in [4.69, 9.17) is 5.73 Å². The average molecular weight is 207 g/mol. The van der Waals surface area contributed by atoms with Gasteiger partial charge >= 0.3 is 0 Å². The van der Waals surface area contributed by atoms with Crippen molar-refractivity contribution in [2.24, 2.45) is 0 Å². The van der Waals surface area contributed by atoms with Crippen molar-refractivity contribution in [2.45, 2.75) is 19.8 Å². The molecule has 0 aliphatic carbocycles. The zero-order chi connectivity index (χ0) is 11.3. The molecule has 0 aliphatic rings. The summed E-state index contributed by atoms with van der Waals surface area (Å²) in [6.45, 7) is 2.85. The van der Waals surface area contributed by atoms with Gasteiger partial charge in [0, 0.05) is 13.6 Å². The lowest BCUT2D eigenvalue weighted by atomic mass is 10.3. The lowest BCUT2D eigenvalue weighted by Gasteiger charge is -2.15. The predicted octanol–water partition coefficient (Wildman–Crippen LogP) is 1.54. The van der Waals surface area contributed by atoms with Crippen LogP contribution >= 0.6 is 0 Å². The van der Waals surface area contributed by atoms with Crippen molar-refractivity contribution >= 4 is 11.7 Å². The molecule has 1 aromatic heterocycles. The molecule has 0 spiro atoms. The summed E-state index contributed by atoms with van der Waals surface area (Å²) in [5, 5.41) is 0. The Kier molecular flexibility index (Phi) is 4.09. The van der Waals surface area contributed by atoms with Crippen molar-refractivity contribution in [2.75, 3.05) is 19.3 Å². The van der Waals surface area contributed by atoms with Crippen LogP contribution in [-0.4, -0.2) is 29.4 Å². The Morgan fingerprint density at radius 1 is 1.53 bits per heavy atom. The highest BCUT2D eigenvalue weighted by molar-refractivity contribution is 5.92. The Balaban J connectivity index is 2.67. The number of nitrogens with zero attached hydrogens (tertiary/aromatic N) is 2. The van der Waals surface area contributed by atoms with Crippen LogP contribution in [0.2, 0.25) is 0 Å². The number of anilines is 1. The SMILES string of the molecule is CCCCN(C)C(=O)c1cccc(N)n1. The van der Waals surface area contributed by atoms with Crippen LogP contribution in [-0.2, 0) is 0 Å². The fourth-order valence-electron chi connectivity index (χ4n) is 1.26. The lowest BCUT2D eigenvalue weighted by Crippen LogP contribution is -2.28. The number of hydrogen-bond acceptors (Lipinski definition) is 3. The number of carbonyl (C=O) groups excluding carboxylic acids is 1. The van der Waals surface area contributed by atoms with Gasteiger partial charge in [0.2, 0.25) is 0 Å². The van der Waals surface area contributed by atoms with Gasteiger partial charge in [-0.25, -0.2) is 4.98 Å². The average Bonchev–Trinajstić information content (AvgIpc) is 2.24. The molecular weight excluding hydrogens is 190 g/mol. The summed E-state index contributed by atoms with van der Waals surface area (Å²) in [6.07, 6.45) is 2.08. The molecule has 0 fully saturated rings. The number of rotatable bonds is 4. The van der Waals surface area contributed by atoms with Crippen LogP contribution in [0.5, 0.6) is 0 Å². The van der Waals surface area contributed by atoms with Gasteiger partial charge in [0.25, 0.3) is 5.91 Å². The van der Waals surface area contributed by atoms with E-state index in [9.17, 15) is 4.79 Å². The molecule has 0 radical (unpaired) electrons. The number of aromatic nitrogens is 1. The van der Waals surface area contributed by atoms with Crippen molar-refractivity contribution in [3.63, 3.8) is 0 Å². The summed E-state index contributed by atoms with van der Waals surface area (Å²) >= 11 is 0. The molecule has 82 valence electrons. The highest BCUT2D eigenvalue weighted by Crippen LogP contribution is 2.04. The minimum absolute atomic E-state index is 0.0734. The Morgan fingerprint density at radius 3 is 2.87 bits per heavy atom. The largest absolute Gasteiger partial charge is 0.384 e. The molecule has 15 heavy (non-hydrogen) atoms. The maximum Gasteiger partial charge on any atom is 0.272 e. The Hall–Kier alpha value is -1.58. The van der Waals surface area contributed by atoms with Crippen LogP contribution in [0.25, 0.3) is 0 Å². The van der Waals surface area contributed by atoms with Crippen molar-refractivity contribution in [3.8, 4) is 0 Å². The van der Waals surface area contributed by atoms with E-state index in [0.717, 1.165) is 19.4 Å². The van der Waals surface area contributed by atoms with E-state index in [-0.39, 0.29) is 5.91 Å². The van der Waals surface area contributed by atoms with E-state index < -0.39 is 0 Å². The van der Waals surface area contributed by atoms with Crippen molar-refractivity contribution in [1.29, 1.82) is 0 Å². The monoisotopic (exact) mass is 207 g/mol. The summed E-state index contributed by atoms with van der Waals surface area (Å²) in [6, 6.07) is 5.09. The molecule has 4 nitrogen and oxygen atoms in total. The predicted molar refractivity (Wildman–Crippen MR) is 60.5 cm³/mol. The molecular formula is C11H17N3O. The number of unbranched alkanes of at least 4 members (excludes halogenated alkanes) is 1. The maximum absolute atomic E-state index is 11.8. The number of pyridine rings is 1. The summed E-state index contributed by atoms with van der Waals surface area (Å²) in [4.78, 5) is 17.5. The zero-order valence-corrected chi connectivity index (χ0v) is 9.23. The number of carbonyl (C=O) groups is 1. The molecule has 4 heteroatoms. The van der Waals surface area contributed by atoms with Gasteiger partial charge in [0.05, 0.1) is 0 Å². The van der Waals surface area contributed by atoms with Crippen molar-refractivity contribution in [1.82, 2.24) is 9.88 Å². The highest BCUT2D eigenvalue weighted by Gasteiger charge is 2.12. The van der Waals surface area contributed by atoms with Gasteiger partial charge in [-0.05, 0) is 18.6 Å². The molecule has 1 aromatic rings. The van der Waals surface area contributed by atoms with Crippen LogP contribution in [0.15, 0.2) is 18.2 Å². The molecule has 0 saturated carbocycles. The van der Waals surface area contributed by atoms with Crippen LogP contribution in [0.3, 0.4) is 0 Å². The van der Waals surface area contributed by atoms with E-state index in [2.05, 4.69) is 11.9 Å². The number of nitrogens with two attached hydrogens (primary N) is 1. The van der Waals surface area contributed by atoms with E-state index in [0.29, 0.717) is 11.5 Å². The van der Waals surface area contributed by atoms with E-state index in [1.54, 1.807) is 30.1 Å². The van der Waals surface area contributed by atoms with Crippen LogP contribution in [0, 0.1) is 0 Å². The minimum Gasteiger partial charge on any atom is -0.384 e. The minimum atomic E-state index is -0.0734. The molecule has 1 amide bonds. The topological polar surface area (TPSA) is 59.2 Å². The van der Waals surface area contributed by atoms with Crippen LogP contribution < -0.4 is 5.73 Å². The summed E-state index contributed by atoms with van der Waals surface area (Å²) in [7, 11) is 1.78. The fourth-order valence-corrected chi connectivity index (χ4v) is 1.26. The molecule has 0 saturated heterocycles. The quantitative estimate of drug-likeness (QED) is 0.814. The second-order valence-electron chi connectivity index (χ2n) is 3.53. The first-order valence-corrected chi connectivity index (χ1v) is 5.13. The Labute approximate surface area is 90.1 Å². The Morgan fingerprint density at radius 2 is 2.27 bits per heavy atom. The molecule has 0 atom stereocenters. The van der Waals surface area contributed by atoms with E-state index in [1.807, 2.05) is 0 Å². The summed E-state index contributed by atoms with van der Waals surface area (Å²) < 4.78 is 0. The van der Waals surface area contributed by atoms with Gasteiger partial charge in [0.1, 0.15) is 11.5 Å². The van der Waals surface area contributed by atoms with Crippen LogP contribution in [0.1, 0.15) is 30.3 Å². The van der Waals surface area contributed by atoms with Gasteiger partial charge in [-0.2, -0.15) is 0 Å². The highest BCUT2D eigenvalue weighted by atomic mass is 16.2. The van der Waals surface area contributed by atoms with E-state index in [1.165, 1.54) is 0 Å². The third-order valence-corrected chi connectivity index (χ3v) is 2.18. The second kappa shape index (κ2) is 5.34. The van der Waals surface area contributed by atoms with Crippen molar-refractivity contribution < 1.29 is 4.79 Å². The fraction of sp³-hybridized carbons (Fsp3) is 0.455. The first kappa shape index (κ1) is 11.5. The van der Waals surface area contributed by atoms with Gasteiger partial charge in [-0.1, -0.05) is 19.4 Å². The maximum atomic E-state index is 11.8. The number of nitrogen functional groups attached to an aromatic ring is 1. The summed E-state index contributed by atoms with van der Waals surface area (Å²) in [5.41, 5.74) is 5.93. The Bertz CT molecular complexity index is 338. The smallest absolute Gasteiger partial charge is 0.272 e. The van der Waals surface area contributed by atoms with Gasteiger partial charge < -0.3 is 10.6 Å². The molecule has 0 aliphatic heterocycles. The van der Waals surface area contributed by atoms with Gasteiger partial charge in [0.15, 0.2) is 0 Å². The zero-order valence-electron chi connectivity index (χ0n) is 9.23. The molecule has 1 heterocycles. The van der Waals surface area contributed by atoms with E-state index >= 15 is 0 Å². The standard InChI is InChI=1S/C11H17N3O/c1-3-4-8-14(2)11(15)9-6-5-7-10(12)13-9/h5-7H,3-4,8H2,1-2H3,(H2,12,13). The first-order chi connectivity index (χ1) is 7.15.